The van der Waals surface area contributed by atoms with Crippen LogP contribution in [0.5, 0.6) is 0 Å². The van der Waals surface area contributed by atoms with Crippen LogP contribution in [0.1, 0.15) is 20.8 Å². The zero-order valence-corrected chi connectivity index (χ0v) is 11.8. The van der Waals surface area contributed by atoms with Crippen molar-refractivity contribution in [3.63, 3.8) is 0 Å². The van der Waals surface area contributed by atoms with Crippen LogP contribution >= 0.6 is 0 Å². The molecule has 2 N–H and O–H groups in total. The number of rotatable bonds is 5. The van der Waals surface area contributed by atoms with Crippen molar-refractivity contribution in [3.05, 3.63) is 30.1 Å². The third kappa shape index (κ3) is 4.87. The number of benzene rings is 1. The molecule has 0 aliphatic carbocycles. The number of nitrogens with one attached hydrogen (secondary N) is 2. The molecule has 1 atom stereocenters. The molecule has 0 heterocycles. The summed E-state index contributed by atoms with van der Waals surface area (Å²) < 4.78 is 17.5. The first-order valence-corrected chi connectivity index (χ1v) is 6.43. The molecule has 0 saturated heterocycles. The predicted octanol–water partition coefficient (Wildman–Crippen LogP) is 2.53. The van der Waals surface area contributed by atoms with Gasteiger partial charge in [0.05, 0.1) is 6.61 Å². The summed E-state index contributed by atoms with van der Waals surface area (Å²) in [6, 6.07) is 4.68. The molecular formula is C14H19FN2O3. The molecule has 110 valence electrons. The average molecular weight is 282 g/mol. The summed E-state index contributed by atoms with van der Waals surface area (Å²) >= 11 is 0. The number of amides is 2. The van der Waals surface area contributed by atoms with Crippen LogP contribution in [0, 0.1) is 11.7 Å². The van der Waals surface area contributed by atoms with E-state index in [0.717, 1.165) is 0 Å². The fourth-order valence-corrected chi connectivity index (χ4v) is 1.59. The minimum absolute atomic E-state index is 0.111. The third-order valence-electron chi connectivity index (χ3n) is 2.61. The van der Waals surface area contributed by atoms with Crippen LogP contribution in [0.3, 0.4) is 0 Å². The Kier molecular flexibility index (Phi) is 5.96. The molecule has 0 saturated carbocycles. The maximum Gasteiger partial charge on any atom is 0.407 e. The van der Waals surface area contributed by atoms with Crippen LogP contribution in [0.4, 0.5) is 14.9 Å². The molecule has 0 bridgehead atoms. The normalized spacial score (nSPS) is 11.8. The Morgan fingerprint density at radius 3 is 2.35 bits per heavy atom. The second-order valence-electron chi connectivity index (χ2n) is 4.58. The van der Waals surface area contributed by atoms with Gasteiger partial charge in [0.15, 0.2) is 0 Å². The molecule has 0 unspecified atom stereocenters. The van der Waals surface area contributed by atoms with Crippen molar-refractivity contribution < 1.29 is 18.7 Å². The molecule has 0 radical (unpaired) electrons. The van der Waals surface area contributed by atoms with Gasteiger partial charge in [-0.05, 0) is 37.1 Å². The largest absolute Gasteiger partial charge is 0.450 e. The van der Waals surface area contributed by atoms with E-state index < -0.39 is 12.1 Å². The lowest BCUT2D eigenvalue weighted by Crippen LogP contribution is -2.47. The smallest absolute Gasteiger partial charge is 0.407 e. The summed E-state index contributed by atoms with van der Waals surface area (Å²) in [4.78, 5) is 23.5. The highest BCUT2D eigenvalue weighted by atomic mass is 19.1. The van der Waals surface area contributed by atoms with E-state index in [1.54, 1.807) is 20.8 Å². The minimum atomic E-state index is -0.723. The summed E-state index contributed by atoms with van der Waals surface area (Å²) in [7, 11) is 0. The van der Waals surface area contributed by atoms with E-state index in [1.165, 1.54) is 24.3 Å². The first kappa shape index (κ1) is 15.9. The maximum atomic E-state index is 12.8. The lowest BCUT2D eigenvalue weighted by Gasteiger charge is -2.21. The Balaban J connectivity index is 2.69. The zero-order chi connectivity index (χ0) is 15.1. The van der Waals surface area contributed by atoms with Crippen molar-refractivity contribution >= 4 is 17.7 Å². The van der Waals surface area contributed by atoms with Crippen molar-refractivity contribution in [2.75, 3.05) is 11.9 Å². The molecular weight excluding hydrogens is 263 g/mol. The van der Waals surface area contributed by atoms with Gasteiger partial charge in [-0.3, -0.25) is 4.79 Å². The van der Waals surface area contributed by atoms with E-state index >= 15 is 0 Å². The Labute approximate surface area is 117 Å². The van der Waals surface area contributed by atoms with E-state index in [-0.39, 0.29) is 24.2 Å². The number of carbonyl (C=O) groups is 2. The molecule has 0 spiro atoms. The van der Waals surface area contributed by atoms with Crippen LogP contribution in [0.15, 0.2) is 24.3 Å². The number of ether oxygens (including phenoxy) is 1. The molecule has 0 fully saturated rings. The first-order chi connectivity index (χ1) is 9.43. The highest BCUT2D eigenvalue weighted by Gasteiger charge is 2.24. The van der Waals surface area contributed by atoms with Crippen molar-refractivity contribution in [2.45, 2.75) is 26.8 Å². The van der Waals surface area contributed by atoms with Crippen molar-refractivity contribution in [3.8, 4) is 0 Å². The predicted molar refractivity (Wildman–Crippen MR) is 73.8 cm³/mol. The quantitative estimate of drug-likeness (QED) is 0.872. The van der Waals surface area contributed by atoms with Gasteiger partial charge in [-0.25, -0.2) is 9.18 Å². The Hall–Kier alpha value is -2.11. The highest BCUT2D eigenvalue weighted by Crippen LogP contribution is 2.11. The summed E-state index contributed by atoms with van der Waals surface area (Å²) in [5.41, 5.74) is 0.465. The number of halogens is 1. The number of anilines is 1. The summed E-state index contributed by atoms with van der Waals surface area (Å²) in [5.74, 6) is -0.868. The van der Waals surface area contributed by atoms with Crippen LogP contribution in [0.25, 0.3) is 0 Å². The van der Waals surface area contributed by atoms with Gasteiger partial charge in [0.25, 0.3) is 0 Å². The molecule has 0 aliphatic heterocycles. The number of hydrogen-bond donors (Lipinski definition) is 2. The van der Waals surface area contributed by atoms with Crippen molar-refractivity contribution in [1.82, 2.24) is 5.32 Å². The molecule has 5 nitrogen and oxygen atoms in total. The first-order valence-electron chi connectivity index (χ1n) is 6.43. The average Bonchev–Trinajstić information content (AvgIpc) is 2.38. The lowest BCUT2D eigenvalue weighted by atomic mass is 10.0. The topological polar surface area (TPSA) is 67.4 Å². The second-order valence-corrected chi connectivity index (χ2v) is 4.58. The standard InChI is InChI=1S/C14H19FN2O3/c1-4-20-14(19)17-12(9(2)3)13(18)16-11-7-5-10(15)6-8-11/h5-9,12H,4H2,1-3H3,(H,16,18)(H,17,19)/t12-/m0/s1. The molecule has 1 aromatic rings. The van der Waals surface area contributed by atoms with Gasteiger partial charge in [-0.15, -0.1) is 0 Å². The molecule has 0 aliphatic rings. The van der Waals surface area contributed by atoms with Gasteiger partial charge >= 0.3 is 6.09 Å². The van der Waals surface area contributed by atoms with E-state index in [1.807, 2.05) is 0 Å². The molecule has 1 rings (SSSR count). The van der Waals surface area contributed by atoms with E-state index in [0.29, 0.717) is 5.69 Å². The Morgan fingerprint density at radius 1 is 1.25 bits per heavy atom. The van der Waals surface area contributed by atoms with Crippen LogP contribution in [-0.2, 0) is 9.53 Å². The molecule has 20 heavy (non-hydrogen) atoms. The molecule has 2 amide bonds. The molecule has 0 aromatic heterocycles. The van der Waals surface area contributed by atoms with Gasteiger partial charge in [-0.1, -0.05) is 13.8 Å². The van der Waals surface area contributed by atoms with Crippen LogP contribution < -0.4 is 10.6 Å². The minimum Gasteiger partial charge on any atom is -0.450 e. The zero-order valence-electron chi connectivity index (χ0n) is 11.8. The summed E-state index contributed by atoms with van der Waals surface area (Å²) in [6.07, 6.45) is -0.638. The summed E-state index contributed by atoms with van der Waals surface area (Å²) in [6.45, 7) is 5.53. The van der Waals surface area contributed by atoms with E-state index in [9.17, 15) is 14.0 Å². The maximum absolute atomic E-state index is 12.8. The monoisotopic (exact) mass is 282 g/mol. The number of carbonyl (C=O) groups excluding carboxylic acids is 2. The van der Waals surface area contributed by atoms with E-state index in [4.69, 9.17) is 4.74 Å². The van der Waals surface area contributed by atoms with Gasteiger partial charge in [0, 0.05) is 5.69 Å². The van der Waals surface area contributed by atoms with Crippen molar-refractivity contribution in [1.29, 1.82) is 0 Å². The highest BCUT2D eigenvalue weighted by molar-refractivity contribution is 5.96. The van der Waals surface area contributed by atoms with Crippen LogP contribution in [0.2, 0.25) is 0 Å². The Morgan fingerprint density at radius 2 is 1.85 bits per heavy atom. The molecule has 6 heteroatoms. The van der Waals surface area contributed by atoms with Gasteiger partial charge in [0.2, 0.25) is 5.91 Å². The second kappa shape index (κ2) is 7.47. The number of alkyl carbamates (subject to hydrolysis) is 1. The lowest BCUT2D eigenvalue weighted by molar-refractivity contribution is -0.119. The fourth-order valence-electron chi connectivity index (χ4n) is 1.59. The van der Waals surface area contributed by atoms with Gasteiger partial charge in [-0.2, -0.15) is 0 Å². The van der Waals surface area contributed by atoms with E-state index in [2.05, 4.69) is 10.6 Å². The third-order valence-corrected chi connectivity index (χ3v) is 2.61. The number of hydrogen-bond acceptors (Lipinski definition) is 3. The van der Waals surface area contributed by atoms with Gasteiger partial charge < -0.3 is 15.4 Å². The molecule has 1 aromatic carbocycles. The fraction of sp³-hybridized carbons (Fsp3) is 0.429. The summed E-state index contributed by atoms with van der Waals surface area (Å²) in [5, 5.41) is 5.12. The van der Waals surface area contributed by atoms with Gasteiger partial charge in [0.1, 0.15) is 11.9 Å². The van der Waals surface area contributed by atoms with Crippen molar-refractivity contribution in [2.24, 2.45) is 5.92 Å². The van der Waals surface area contributed by atoms with Crippen LogP contribution in [-0.4, -0.2) is 24.6 Å². The SMILES string of the molecule is CCOC(=O)N[C@H](C(=O)Nc1ccc(F)cc1)C(C)C. The Bertz CT molecular complexity index is 460.